The van der Waals surface area contributed by atoms with Gasteiger partial charge in [0.05, 0.1) is 16.8 Å². The van der Waals surface area contributed by atoms with Gasteiger partial charge in [-0.05, 0) is 31.2 Å². The molecule has 4 bridgehead atoms. The Kier molecular flexibility index (Phi) is 6.03. The fourth-order valence-electron chi connectivity index (χ4n) is 3.21. The molecular formula is C22H17ClF2N2O4S. The maximum absolute atomic E-state index is 14.7. The number of ether oxygens (including phenoxy) is 1. The topological polar surface area (TPSA) is 87.7 Å². The van der Waals surface area contributed by atoms with Crippen molar-refractivity contribution in [1.29, 1.82) is 0 Å². The maximum Gasteiger partial charge on any atom is 0.251 e. The van der Waals surface area contributed by atoms with Crippen LogP contribution in [0.25, 0.3) is 11.1 Å². The van der Waals surface area contributed by atoms with Crippen LogP contribution in [0.4, 0.5) is 14.5 Å². The standard InChI is InChI=1S/C22H17ClF2N2O4S/c1-11-10-31-19-5-3-2-4-13(19)14-8-18(17(25)9-16(14)24)27-32(30)20-7-12(22(29)26-11)6-15(23)21(20)28/h2-9,11,27-28H,10H2,1H3,(H,26,29). The van der Waals surface area contributed by atoms with Crippen molar-refractivity contribution in [3.05, 3.63) is 70.8 Å². The number of benzene rings is 3. The molecule has 0 saturated heterocycles. The molecule has 0 spiro atoms. The molecule has 6 nitrogen and oxygen atoms in total. The highest BCUT2D eigenvalue weighted by Crippen LogP contribution is 2.36. The van der Waals surface area contributed by atoms with Gasteiger partial charge < -0.3 is 15.2 Å². The minimum Gasteiger partial charge on any atom is -0.505 e. The van der Waals surface area contributed by atoms with Gasteiger partial charge in [-0.15, -0.1) is 0 Å². The summed E-state index contributed by atoms with van der Waals surface area (Å²) in [6, 6.07) is 10.4. The van der Waals surface area contributed by atoms with E-state index in [0.717, 1.165) is 0 Å². The number of anilines is 1. The molecule has 1 heterocycles. The Balaban J connectivity index is 1.90. The van der Waals surface area contributed by atoms with Crippen LogP contribution in [0.1, 0.15) is 17.3 Å². The average Bonchev–Trinajstić information content (AvgIpc) is 2.75. The summed E-state index contributed by atoms with van der Waals surface area (Å²) in [7, 11) is -2.23. The van der Waals surface area contributed by atoms with E-state index < -0.39 is 40.3 Å². The smallest absolute Gasteiger partial charge is 0.251 e. The zero-order valence-corrected chi connectivity index (χ0v) is 18.2. The molecule has 2 atom stereocenters. The Labute approximate surface area is 189 Å². The molecule has 3 aromatic carbocycles. The Hall–Kier alpha value is -3.17. The number of rotatable bonds is 0. The van der Waals surface area contributed by atoms with E-state index in [1.807, 2.05) is 0 Å². The van der Waals surface area contributed by atoms with E-state index in [1.165, 1.54) is 18.2 Å². The van der Waals surface area contributed by atoms with Gasteiger partial charge in [0.25, 0.3) is 5.91 Å². The summed E-state index contributed by atoms with van der Waals surface area (Å²) in [5.74, 6) is -2.57. The number of amides is 1. The summed E-state index contributed by atoms with van der Waals surface area (Å²) >= 11 is 6.02. The molecule has 3 aromatic rings. The number of carbonyl (C=O) groups excluding carboxylic acids is 1. The second-order valence-electron chi connectivity index (χ2n) is 7.17. The van der Waals surface area contributed by atoms with Gasteiger partial charge >= 0.3 is 0 Å². The van der Waals surface area contributed by atoms with Crippen molar-refractivity contribution in [3.8, 4) is 22.6 Å². The van der Waals surface area contributed by atoms with Crippen LogP contribution < -0.4 is 14.8 Å². The highest BCUT2D eigenvalue weighted by atomic mass is 35.5. The van der Waals surface area contributed by atoms with Crippen LogP contribution >= 0.6 is 11.6 Å². The zero-order valence-electron chi connectivity index (χ0n) is 16.6. The second-order valence-corrected chi connectivity index (χ2v) is 8.76. The number of halogens is 3. The van der Waals surface area contributed by atoms with Crippen molar-refractivity contribution in [1.82, 2.24) is 5.32 Å². The number of hydrogen-bond donors (Lipinski definition) is 3. The molecule has 0 fully saturated rings. The summed E-state index contributed by atoms with van der Waals surface area (Å²) in [6.07, 6.45) is 0. The molecular weight excluding hydrogens is 462 g/mol. The van der Waals surface area contributed by atoms with Crippen LogP contribution in [0.3, 0.4) is 0 Å². The average molecular weight is 479 g/mol. The molecule has 0 saturated carbocycles. The van der Waals surface area contributed by atoms with Gasteiger partial charge in [-0.1, -0.05) is 29.8 Å². The molecule has 166 valence electrons. The lowest BCUT2D eigenvalue weighted by Gasteiger charge is -2.17. The molecule has 0 aromatic heterocycles. The molecule has 3 N–H and O–H groups in total. The lowest BCUT2D eigenvalue weighted by molar-refractivity contribution is 0.0926. The molecule has 2 unspecified atom stereocenters. The summed E-state index contributed by atoms with van der Waals surface area (Å²) < 4.78 is 50.3. The lowest BCUT2D eigenvalue weighted by atomic mass is 10.0. The van der Waals surface area contributed by atoms with E-state index in [2.05, 4.69) is 10.0 Å². The number of carbonyl (C=O) groups is 1. The van der Waals surface area contributed by atoms with Crippen LogP contribution in [0.5, 0.6) is 11.5 Å². The van der Waals surface area contributed by atoms with Gasteiger partial charge in [0.15, 0.2) is 16.7 Å². The van der Waals surface area contributed by atoms with Gasteiger partial charge in [0.2, 0.25) is 0 Å². The summed E-state index contributed by atoms with van der Waals surface area (Å²) in [4.78, 5) is 12.4. The van der Waals surface area contributed by atoms with Crippen molar-refractivity contribution >= 4 is 34.2 Å². The molecule has 10 heteroatoms. The van der Waals surface area contributed by atoms with Gasteiger partial charge in [0, 0.05) is 22.8 Å². The van der Waals surface area contributed by atoms with Crippen LogP contribution in [0.2, 0.25) is 5.02 Å². The second kappa shape index (κ2) is 8.76. The number of nitrogens with one attached hydrogen (secondary N) is 2. The number of hydrogen-bond acceptors (Lipinski definition) is 4. The molecule has 32 heavy (non-hydrogen) atoms. The van der Waals surface area contributed by atoms with E-state index in [4.69, 9.17) is 16.3 Å². The van der Waals surface area contributed by atoms with E-state index >= 15 is 0 Å². The summed E-state index contributed by atoms with van der Waals surface area (Å²) in [5, 5.41) is 12.8. The molecule has 4 rings (SSSR count). The quantitative estimate of drug-likeness (QED) is 0.439. The van der Waals surface area contributed by atoms with Gasteiger partial charge in [0.1, 0.15) is 28.9 Å². The van der Waals surface area contributed by atoms with E-state index in [0.29, 0.717) is 17.4 Å². The third-order valence-electron chi connectivity index (χ3n) is 4.79. The van der Waals surface area contributed by atoms with E-state index in [-0.39, 0.29) is 33.3 Å². The number of aromatic hydroxyl groups is 1. The van der Waals surface area contributed by atoms with Crippen LogP contribution in [0.15, 0.2) is 53.4 Å². The third kappa shape index (κ3) is 4.26. The summed E-state index contributed by atoms with van der Waals surface area (Å²) in [6.45, 7) is 1.76. The Morgan fingerprint density at radius 1 is 1.12 bits per heavy atom. The molecule has 1 aliphatic rings. The first-order valence-electron chi connectivity index (χ1n) is 9.47. The number of para-hydroxylation sites is 1. The first-order valence-corrected chi connectivity index (χ1v) is 11.0. The van der Waals surface area contributed by atoms with Crippen molar-refractivity contribution in [2.45, 2.75) is 17.9 Å². The lowest BCUT2D eigenvalue weighted by Crippen LogP contribution is -2.36. The van der Waals surface area contributed by atoms with Gasteiger partial charge in [-0.2, -0.15) is 0 Å². The SMILES string of the molecule is CC1COc2ccccc2-c2cc(c(F)cc2F)NS(=O)c2cc(cc(Cl)c2O)C(=O)N1. The van der Waals surface area contributed by atoms with Crippen LogP contribution in [0, 0.1) is 11.6 Å². The van der Waals surface area contributed by atoms with E-state index in [1.54, 1.807) is 31.2 Å². The molecule has 1 aliphatic heterocycles. The van der Waals surface area contributed by atoms with Crippen LogP contribution in [-0.4, -0.2) is 27.9 Å². The van der Waals surface area contributed by atoms with Crippen LogP contribution in [-0.2, 0) is 11.0 Å². The predicted molar refractivity (Wildman–Crippen MR) is 117 cm³/mol. The van der Waals surface area contributed by atoms with Crippen molar-refractivity contribution in [3.63, 3.8) is 0 Å². The number of phenolic OH excluding ortho intramolecular Hbond substituents is 1. The van der Waals surface area contributed by atoms with Gasteiger partial charge in [-0.25, -0.2) is 13.0 Å². The zero-order chi connectivity index (χ0) is 23.0. The fraction of sp³-hybridized carbons (Fsp3) is 0.136. The Bertz CT molecular complexity index is 1250. The first kappa shape index (κ1) is 22.0. The predicted octanol–water partition coefficient (Wildman–Crippen LogP) is 4.64. The van der Waals surface area contributed by atoms with Crippen molar-refractivity contribution < 1.29 is 27.6 Å². The summed E-state index contributed by atoms with van der Waals surface area (Å²) in [5.41, 5.74) is 0.131. The van der Waals surface area contributed by atoms with Crippen molar-refractivity contribution in [2.75, 3.05) is 11.3 Å². The normalized spacial score (nSPS) is 18.3. The van der Waals surface area contributed by atoms with Crippen molar-refractivity contribution in [2.24, 2.45) is 0 Å². The monoisotopic (exact) mass is 478 g/mol. The Morgan fingerprint density at radius 3 is 2.66 bits per heavy atom. The number of fused-ring (bicyclic) bond motifs is 6. The molecule has 1 amide bonds. The minimum atomic E-state index is -2.23. The molecule has 0 radical (unpaired) electrons. The third-order valence-corrected chi connectivity index (χ3v) is 6.20. The van der Waals surface area contributed by atoms with E-state index in [9.17, 15) is 22.9 Å². The van der Waals surface area contributed by atoms with Gasteiger partial charge in [-0.3, -0.25) is 9.52 Å². The minimum absolute atomic E-state index is 0.0177. The maximum atomic E-state index is 14.7. The molecule has 0 aliphatic carbocycles. The highest BCUT2D eigenvalue weighted by molar-refractivity contribution is 7.86. The first-order chi connectivity index (χ1) is 15.2. The number of phenols is 1. The largest absolute Gasteiger partial charge is 0.505 e. The Morgan fingerprint density at radius 2 is 1.88 bits per heavy atom. The fourth-order valence-corrected chi connectivity index (χ4v) is 4.47. The highest BCUT2D eigenvalue weighted by Gasteiger charge is 2.22.